The Bertz CT molecular complexity index is 459. The van der Waals surface area contributed by atoms with E-state index in [9.17, 15) is 4.39 Å². The number of hydrogen-bond acceptors (Lipinski definition) is 3. The van der Waals surface area contributed by atoms with Gasteiger partial charge in [-0.1, -0.05) is 6.92 Å². The molecule has 1 heterocycles. The fourth-order valence-electron chi connectivity index (χ4n) is 2.53. The average molecular weight is 261 g/mol. The van der Waals surface area contributed by atoms with Gasteiger partial charge in [-0.3, -0.25) is 0 Å². The zero-order valence-corrected chi connectivity index (χ0v) is 11.3. The number of nitrogens with one attached hydrogen (secondary N) is 1. The van der Waals surface area contributed by atoms with Crippen LogP contribution in [0.2, 0.25) is 0 Å². The van der Waals surface area contributed by atoms with E-state index in [-0.39, 0.29) is 5.82 Å². The number of nitrogens with zero attached hydrogens (tertiary/aromatic N) is 2. The van der Waals surface area contributed by atoms with E-state index in [4.69, 9.17) is 5.26 Å². The highest BCUT2D eigenvalue weighted by Gasteiger charge is 2.17. The Morgan fingerprint density at radius 3 is 2.74 bits per heavy atom. The summed E-state index contributed by atoms with van der Waals surface area (Å²) in [5, 5.41) is 12.1. The summed E-state index contributed by atoms with van der Waals surface area (Å²) in [7, 11) is 0. The van der Waals surface area contributed by atoms with Crippen molar-refractivity contribution in [3.63, 3.8) is 0 Å². The summed E-state index contributed by atoms with van der Waals surface area (Å²) in [5.74, 6) is 0.277. The maximum Gasteiger partial charge on any atom is 0.126 e. The summed E-state index contributed by atoms with van der Waals surface area (Å²) >= 11 is 0. The van der Waals surface area contributed by atoms with Crippen LogP contribution in [0.3, 0.4) is 0 Å². The first-order chi connectivity index (χ1) is 9.21. The van der Waals surface area contributed by atoms with Crippen LogP contribution in [-0.2, 0) is 0 Å². The van der Waals surface area contributed by atoms with Gasteiger partial charge in [-0.2, -0.15) is 5.26 Å². The van der Waals surface area contributed by atoms with Crippen molar-refractivity contribution in [2.75, 3.05) is 31.5 Å². The molecule has 0 spiro atoms. The minimum atomic E-state index is -0.359. The second-order valence-corrected chi connectivity index (χ2v) is 5.10. The van der Waals surface area contributed by atoms with Crippen LogP contribution in [-0.4, -0.2) is 31.1 Å². The normalized spacial score (nSPS) is 17.1. The van der Waals surface area contributed by atoms with Gasteiger partial charge in [-0.05, 0) is 56.6 Å². The zero-order valence-electron chi connectivity index (χ0n) is 11.3. The van der Waals surface area contributed by atoms with Crippen molar-refractivity contribution in [3.05, 3.63) is 29.6 Å². The van der Waals surface area contributed by atoms with Gasteiger partial charge in [0.15, 0.2) is 0 Å². The summed E-state index contributed by atoms with van der Waals surface area (Å²) in [6.45, 7) is 6.46. The van der Waals surface area contributed by atoms with Gasteiger partial charge in [0, 0.05) is 12.2 Å². The van der Waals surface area contributed by atoms with E-state index in [0.29, 0.717) is 17.2 Å². The third-order valence-corrected chi connectivity index (χ3v) is 3.78. The zero-order chi connectivity index (χ0) is 13.7. The first-order valence-electron chi connectivity index (χ1n) is 6.88. The molecule has 1 aromatic carbocycles. The third-order valence-electron chi connectivity index (χ3n) is 3.78. The smallest absolute Gasteiger partial charge is 0.126 e. The van der Waals surface area contributed by atoms with Crippen molar-refractivity contribution in [2.45, 2.75) is 19.8 Å². The number of halogens is 1. The molecule has 1 N–H and O–H groups in total. The minimum Gasteiger partial charge on any atom is -0.385 e. The van der Waals surface area contributed by atoms with E-state index >= 15 is 0 Å². The highest BCUT2D eigenvalue weighted by atomic mass is 19.1. The van der Waals surface area contributed by atoms with Gasteiger partial charge >= 0.3 is 0 Å². The van der Waals surface area contributed by atoms with Crippen molar-refractivity contribution in [1.82, 2.24) is 4.90 Å². The molecule has 1 aliphatic rings. The van der Waals surface area contributed by atoms with Gasteiger partial charge < -0.3 is 10.2 Å². The van der Waals surface area contributed by atoms with Crippen molar-refractivity contribution in [2.24, 2.45) is 5.92 Å². The van der Waals surface area contributed by atoms with Crippen LogP contribution in [0.15, 0.2) is 18.2 Å². The molecule has 0 aliphatic carbocycles. The van der Waals surface area contributed by atoms with Crippen LogP contribution in [0.1, 0.15) is 25.3 Å². The molecule has 19 heavy (non-hydrogen) atoms. The van der Waals surface area contributed by atoms with E-state index < -0.39 is 0 Å². The fraction of sp³-hybridized carbons (Fsp3) is 0.533. The fourth-order valence-corrected chi connectivity index (χ4v) is 2.53. The number of likely N-dealkylation sites (tertiary alicyclic amines) is 1. The van der Waals surface area contributed by atoms with Crippen LogP contribution in [0.25, 0.3) is 0 Å². The lowest BCUT2D eigenvalue weighted by molar-refractivity contribution is 0.198. The molecule has 1 saturated heterocycles. The summed E-state index contributed by atoms with van der Waals surface area (Å²) in [6.07, 6.45) is 2.36. The largest absolute Gasteiger partial charge is 0.385 e. The molecule has 0 amide bonds. The molecule has 0 aromatic heterocycles. The maximum absolute atomic E-state index is 13.3. The van der Waals surface area contributed by atoms with Gasteiger partial charge in [0.25, 0.3) is 0 Å². The molecule has 0 unspecified atom stereocenters. The van der Waals surface area contributed by atoms with E-state index in [1.165, 1.54) is 25.0 Å². The SMILES string of the molecule is CCN1CCC(CNc2cc(F)cc(C#N)c2)CC1. The second kappa shape index (κ2) is 6.53. The first-order valence-corrected chi connectivity index (χ1v) is 6.88. The van der Waals surface area contributed by atoms with Gasteiger partial charge in [0.1, 0.15) is 5.82 Å². The lowest BCUT2D eigenvalue weighted by atomic mass is 9.96. The number of rotatable bonds is 4. The number of nitriles is 1. The molecule has 4 heteroatoms. The summed E-state index contributed by atoms with van der Waals surface area (Å²) in [5.41, 5.74) is 1.07. The number of piperidine rings is 1. The molecule has 2 rings (SSSR count). The monoisotopic (exact) mass is 261 g/mol. The van der Waals surface area contributed by atoms with Crippen molar-refractivity contribution in [1.29, 1.82) is 5.26 Å². The van der Waals surface area contributed by atoms with Crippen LogP contribution in [0, 0.1) is 23.1 Å². The van der Waals surface area contributed by atoms with Crippen molar-refractivity contribution < 1.29 is 4.39 Å². The highest BCUT2D eigenvalue weighted by Crippen LogP contribution is 2.19. The van der Waals surface area contributed by atoms with Gasteiger partial charge in [0.2, 0.25) is 0 Å². The second-order valence-electron chi connectivity index (χ2n) is 5.10. The minimum absolute atomic E-state index is 0.359. The average Bonchev–Trinajstić information content (AvgIpc) is 2.45. The Labute approximate surface area is 114 Å². The van der Waals surface area contributed by atoms with Crippen LogP contribution >= 0.6 is 0 Å². The molecule has 0 bridgehead atoms. The highest BCUT2D eigenvalue weighted by molar-refractivity contribution is 5.49. The molecular weight excluding hydrogens is 241 g/mol. The summed E-state index contributed by atoms with van der Waals surface area (Å²) in [4.78, 5) is 2.45. The number of benzene rings is 1. The molecule has 102 valence electrons. The van der Waals surface area contributed by atoms with Crippen LogP contribution in [0.5, 0.6) is 0 Å². The summed E-state index contributed by atoms with van der Waals surface area (Å²) in [6, 6.07) is 6.37. The predicted molar refractivity (Wildman–Crippen MR) is 74.4 cm³/mol. The predicted octanol–water partition coefficient (Wildman–Crippen LogP) is 2.84. The third kappa shape index (κ3) is 3.93. The molecule has 0 saturated carbocycles. The van der Waals surface area contributed by atoms with E-state index in [1.54, 1.807) is 6.07 Å². The van der Waals surface area contributed by atoms with Gasteiger partial charge in [-0.25, -0.2) is 4.39 Å². The van der Waals surface area contributed by atoms with Crippen LogP contribution in [0.4, 0.5) is 10.1 Å². The quantitative estimate of drug-likeness (QED) is 0.906. The topological polar surface area (TPSA) is 39.1 Å². The maximum atomic E-state index is 13.3. The van der Waals surface area contributed by atoms with E-state index in [1.807, 2.05) is 6.07 Å². The van der Waals surface area contributed by atoms with Crippen molar-refractivity contribution in [3.8, 4) is 6.07 Å². The standard InChI is InChI=1S/C15H20FN3/c1-2-19-5-3-12(4-6-19)11-18-15-8-13(10-17)7-14(16)9-15/h7-9,12,18H,2-6,11H2,1H3. The van der Waals surface area contributed by atoms with E-state index in [2.05, 4.69) is 17.1 Å². The number of anilines is 1. The van der Waals surface area contributed by atoms with Crippen LogP contribution < -0.4 is 5.32 Å². The molecule has 0 radical (unpaired) electrons. The molecule has 1 fully saturated rings. The lowest BCUT2D eigenvalue weighted by Crippen LogP contribution is -2.35. The Hall–Kier alpha value is -1.60. The Kier molecular flexibility index (Phi) is 4.75. The summed E-state index contributed by atoms with van der Waals surface area (Å²) < 4.78 is 13.3. The Morgan fingerprint density at radius 2 is 2.11 bits per heavy atom. The first kappa shape index (κ1) is 13.8. The van der Waals surface area contributed by atoms with Gasteiger partial charge in [-0.15, -0.1) is 0 Å². The Morgan fingerprint density at radius 1 is 1.37 bits per heavy atom. The molecule has 1 aromatic rings. The number of hydrogen-bond donors (Lipinski definition) is 1. The van der Waals surface area contributed by atoms with Crippen molar-refractivity contribution >= 4 is 5.69 Å². The molecular formula is C15H20FN3. The lowest BCUT2D eigenvalue weighted by Gasteiger charge is -2.31. The molecule has 0 atom stereocenters. The van der Waals surface area contributed by atoms with Gasteiger partial charge in [0.05, 0.1) is 11.6 Å². The molecule has 1 aliphatic heterocycles. The molecule has 3 nitrogen and oxygen atoms in total. The Balaban J connectivity index is 1.86. The van der Waals surface area contributed by atoms with E-state index in [0.717, 1.165) is 26.2 Å².